The normalized spacial score (nSPS) is 14.3. The largest absolute Gasteiger partial charge is 0.478 e. The van der Waals surface area contributed by atoms with Crippen LogP contribution in [0, 0.1) is 6.92 Å². The number of halogens is 3. The Labute approximate surface area is 280 Å². The molecule has 1 saturated heterocycles. The fraction of sp³-hybridized carbons (Fsp3) is 0.343. The summed E-state index contributed by atoms with van der Waals surface area (Å²) >= 11 is 3.10. The van der Waals surface area contributed by atoms with Gasteiger partial charge >= 0.3 is 12.1 Å². The lowest BCUT2D eigenvalue weighted by atomic mass is 10.1. The second-order valence-corrected chi connectivity index (χ2v) is 14.1. The van der Waals surface area contributed by atoms with Crippen LogP contribution in [0.2, 0.25) is 0 Å². The van der Waals surface area contributed by atoms with Crippen LogP contribution in [-0.4, -0.2) is 58.5 Å². The molecule has 1 aliphatic rings. The van der Waals surface area contributed by atoms with E-state index in [9.17, 15) is 27.9 Å². The number of aryl methyl sites for hydroxylation is 1. The number of rotatable bonds is 11. The van der Waals surface area contributed by atoms with Crippen molar-refractivity contribution < 1.29 is 32.6 Å². The number of nitrogens with zero attached hydrogens (tertiary/aromatic N) is 3. The van der Waals surface area contributed by atoms with Crippen molar-refractivity contribution in [1.82, 2.24) is 9.88 Å². The molecule has 1 aliphatic heterocycles. The number of hydrogen-bond acceptors (Lipinski definition) is 8. The molecule has 0 aliphatic carbocycles. The van der Waals surface area contributed by atoms with Crippen molar-refractivity contribution in [2.45, 2.75) is 56.7 Å². The van der Waals surface area contributed by atoms with E-state index in [1.807, 2.05) is 43.3 Å². The van der Waals surface area contributed by atoms with Gasteiger partial charge in [-0.1, -0.05) is 12.1 Å². The van der Waals surface area contributed by atoms with Gasteiger partial charge in [-0.3, -0.25) is 9.69 Å². The van der Waals surface area contributed by atoms with E-state index in [1.54, 1.807) is 24.8 Å². The van der Waals surface area contributed by atoms with Crippen LogP contribution in [0.3, 0.4) is 0 Å². The Kier molecular flexibility index (Phi) is 10.3. The Balaban J connectivity index is 1.31. The zero-order valence-electron chi connectivity index (χ0n) is 26.6. The van der Waals surface area contributed by atoms with Gasteiger partial charge in [0, 0.05) is 65.1 Å². The van der Waals surface area contributed by atoms with Crippen LogP contribution >= 0.6 is 23.1 Å². The van der Waals surface area contributed by atoms with Crippen LogP contribution in [0.25, 0.3) is 10.6 Å². The number of benzene rings is 3. The number of ketones is 1. The molecule has 0 amide bonds. The van der Waals surface area contributed by atoms with Crippen LogP contribution in [0.15, 0.2) is 71.6 Å². The summed E-state index contributed by atoms with van der Waals surface area (Å²) < 4.78 is 45.3. The van der Waals surface area contributed by atoms with E-state index in [1.165, 1.54) is 37.3 Å². The predicted molar refractivity (Wildman–Crippen MR) is 180 cm³/mol. The van der Waals surface area contributed by atoms with E-state index in [0.717, 1.165) is 65.0 Å². The number of piperazine rings is 1. The molecule has 1 fully saturated rings. The van der Waals surface area contributed by atoms with Crippen LogP contribution in [0.5, 0.6) is 5.75 Å². The second-order valence-electron chi connectivity index (χ2n) is 12.0. The van der Waals surface area contributed by atoms with E-state index in [0.29, 0.717) is 34.2 Å². The Bertz CT molecular complexity index is 1730. The van der Waals surface area contributed by atoms with Crippen LogP contribution in [0.1, 0.15) is 52.8 Å². The minimum atomic E-state index is -4.41. The molecule has 12 heteroatoms. The molecule has 0 spiro atoms. The molecule has 4 aromatic rings. The number of carbonyl (C=O) groups is 2. The van der Waals surface area contributed by atoms with Gasteiger partial charge < -0.3 is 14.7 Å². The average molecular weight is 684 g/mol. The first kappa shape index (κ1) is 34.5. The zero-order chi connectivity index (χ0) is 33.9. The van der Waals surface area contributed by atoms with Gasteiger partial charge in [0.15, 0.2) is 11.4 Å². The highest BCUT2D eigenvalue weighted by Crippen LogP contribution is 2.37. The standard InChI is InChI=1S/C35H36F3N3O4S2/c1-22-19-28(13-14-30(22)45-34(3,4)33(43)44)46-21-31-29(39-32(47-31)25-5-9-26(10-6-25)35(36,37)38)20-40-15-17-41(18-16-40)27-11-7-24(8-12-27)23(2)42/h5-14,19H,15-18,20-21H2,1-4H3,(H,43,44). The molecule has 0 saturated carbocycles. The van der Waals surface area contributed by atoms with Crippen LogP contribution in [0.4, 0.5) is 18.9 Å². The lowest BCUT2D eigenvalue weighted by Crippen LogP contribution is -2.46. The zero-order valence-corrected chi connectivity index (χ0v) is 28.2. The number of carbonyl (C=O) groups excluding carboxylic acids is 1. The number of aliphatic carboxylic acids is 1. The fourth-order valence-electron chi connectivity index (χ4n) is 5.12. The van der Waals surface area contributed by atoms with Gasteiger partial charge in [-0.25, -0.2) is 9.78 Å². The number of carboxylic acid groups (broad SMARTS) is 1. The quantitative estimate of drug-likeness (QED) is 0.125. The second kappa shape index (κ2) is 14.1. The summed E-state index contributed by atoms with van der Waals surface area (Å²) in [6.45, 7) is 10.3. The molecular weight excluding hydrogens is 648 g/mol. The predicted octanol–water partition coefficient (Wildman–Crippen LogP) is 8.20. The average Bonchev–Trinajstić information content (AvgIpc) is 3.43. The molecule has 47 heavy (non-hydrogen) atoms. The molecule has 0 radical (unpaired) electrons. The monoisotopic (exact) mass is 683 g/mol. The molecule has 248 valence electrons. The minimum Gasteiger partial charge on any atom is -0.478 e. The van der Waals surface area contributed by atoms with Crippen molar-refractivity contribution in [1.29, 1.82) is 0 Å². The van der Waals surface area contributed by atoms with E-state index < -0.39 is 23.3 Å². The van der Waals surface area contributed by atoms with E-state index in [-0.39, 0.29) is 5.78 Å². The number of thiazole rings is 1. The first-order chi connectivity index (χ1) is 22.2. The third-order valence-electron chi connectivity index (χ3n) is 8.02. The summed E-state index contributed by atoms with van der Waals surface area (Å²) in [6, 6.07) is 18.4. The van der Waals surface area contributed by atoms with Gasteiger partial charge in [-0.15, -0.1) is 23.1 Å². The van der Waals surface area contributed by atoms with Crippen LogP contribution < -0.4 is 9.64 Å². The number of alkyl halides is 3. The fourth-order valence-corrected chi connectivity index (χ4v) is 7.29. The van der Waals surface area contributed by atoms with E-state index >= 15 is 0 Å². The van der Waals surface area contributed by atoms with Crippen molar-refractivity contribution in [2.24, 2.45) is 0 Å². The SMILES string of the molecule is CC(=O)c1ccc(N2CCN(Cc3nc(-c4ccc(C(F)(F)F)cc4)sc3CSc3ccc(OC(C)(C)C(=O)O)c(C)c3)CC2)cc1. The Morgan fingerprint density at radius 2 is 1.64 bits per heavy atom. The molecule has 1 N–H and O–H groups in total. The van der Waals surface area contributed by atoms with E-state index in [2.05, 4.69) is 9.80 Å². The summed E-state index contributed by atoms with van der Waals surface area (Å²) in [5.41, 5.74) is 2.05. The molecule has 3 aromatic carbocycles. The number of hydrogen-bond donors (Lipinski definition) is 1. The number of Topliss-reactive ketones (excluding diaryl/α,β-unsaturated/α-hetero) is 1. The Morgan fingerprint density at radius 1 is 0.979 bits per heavy atom. The van der Waals surface area contributed by atoms with Gasteiger partial charge in [-0.05, 0) is 87.9 Å². The lowest BCUT2D eigenvalue weighted by molar-refractivity contribution is -0.152. The van der Waals surface area contributed by atoms with E-state index in [4.69, 9.17) is 9.72 Å². The number of thioether (sulfide) groups is 1. The maximum atomic E-state index is 13.2. The minimum absolute atomic E-state index is 0.0372. The van der Waals surface area contributed by atoms with Crippen molar-refractivity contribution in [3.63, 3.8) is 0 Å². The van der Waals surface area contributed by atoms with Gasteiger partial charge in [0.2, 0.25) is 0 Å². The third kappa shape index (κ3) is 8.54. The van der Waals surface area contributed by atoms with Gasteiger partial charge in [0.05, 0.1) is 11.3 Å². The highest BCUT2D eigenvalue weighted by atomic mass is 32.2. The molecule has 0 bridgehead atoms. The lowest BCUT2D eigenvalue weighted by Gasteiger charge is -2.36. The molecule has 0 unspecified atom stereocenters. The van der Waals surface area contributed by atoms with Crippen molar-refractivity contribution in [3.05, 3.63) is 94.0 Å². The highest BCUT2D eigenvalue weighted by Gasteiger charge is 2.31. The summed E-state index contributed by atoms with van der Waals surface area (Å²) in [7, 11) is 0. The number of anilines is 1. The first-order valence-corrected chi connectivity index (χ1v) is 16.9. The number of ether oxygens (including phenoxy) is 1. The summed E-state index contributed by atoms with van der Waals surface area (Å²) in [4.78, 5) is 34.7. The molecule has 7 nitrogen and oxygen atoms in total. The summed E-state index contributed by atoms with van der Waals surface area (Å²) in [5.74, 6) is 0.0896. The van der Waals surface area contributed by atoms with Gasteiger partial charge in [0.1, 0.15) is 10.8 Å². The maximum Gasteiger partial charge on any atom is 0.416 e. The molecule has 2 heterocycles. The molecule has 0 atom stereocenters. The highest BCUT2D eigenvalue weighted by molar-refractivity contribution is 7.98. The third-order valence-corrected chi connectivity index (χ3v) is 10.4. The van der Waals surface area contributed by atoms with Crippen LogP contribution in [-0.2, 0) is 23.3 Å². The van der Waals surface area contributed by atoms with Gasteiger partial charge in [0.25, 0.3) is 0 Å². The van der Waals surface area contributed by atoms with Crippen molar-refractivity contribution >= 4 is 40.5 Å². The van der Waals surface area contributed by atoms with Crippen molar-refractivity contribution in [3.8, 4) is 16.3 Å². The smallest absolute Gasteiger partial charge is 0.416 e. The summed E-state index contributed by atoms with van der Waals surface area (Å²) in [5, 5.41) is 10.1. The van der Waals surface area contributed by atoms with Crippen molar-refractivity contribution in [2.75, 3.05) is 31.1 Å². The maximum absolute atomic E-state index is 13.2. The Hall–Kier alpha value is -3.87. The molecule has 1 aromatic heterocycles. The number of carboxylic acids is 1. The number of aromatic nitrogens is 1. The molecular formula is C35H36F3N3O4S2. The topological polar surface area (TPSA) is 83.0 Å². The summed E-state index contributed by atoms with van der Waals surface area (Å²) in [6.07, 6.45) is -4.41. The molecule has 5 rings (SSSR count). The van der Waals surface area contributed by atoms with Gasteiger partial charge in [-0.2, -0.15) is 13.2 Å². The Morgan fingerprint density at radius 3 is 2.21 bits per heavy atom. The first-order valence-electron chi connectivity index (χ1n) is 15.1.